The third-order valence-electron chi connectivity index (χ3n) is 11.3. The fourth-order valence-electron chi connectivity index (χ4n) is 8.40. The number of fused-ring (bicyclic) bond motifs is 1. The summed E-state index contributed by atoms with van der Waals surface area (Å²) in [6, 6.07) is 18.5. The number of carboxylic acids is 1. The Morgan fingerprint density at radius 3 is 2.68 bits per heavy atom. The number of allylic oxidation sites excluding steroid dienone is 3. The van der Waals surface area contributed by atoms with Crippen LogP contribution in [0.5, 0.6) is 11.6 Å². The van der Waals surface area contributed by atoms with Gasteiger partial charge in [-0.25, -0.2) is 4.98 Å². The van der Waals surface area contributed by atoms with E-state index >= 15 is 0 Å². The van der Waals surface area contributed by atoms with Crippen LogP contribution in [0.3, 0.4) is 0 Å². The molecule has 4 atom stereocenters. The smallest absolute Gasteiger partial charge is 0.307 e. The number of hydrogen-bond donors (Lipinski definition) is 2. The Hall–Kier alpha value is -4.20. The van der Waals surface area contributed by atoms with E-state index in [1.165, 1.54) is 0 Å². The number of carbonyl (C=O) groups is 1. The molecule has 2 aliphatic heterocycles. The van der Waals surface area contributed by atoms with Crippen LogP contribution in [-0.4, -0.2) is 77.5 Å². The zero-order valence-corrected chi connectivity index (χ0v) is 29.3. The van der Waals surface area contributed by atoms with Gasteiger partial charge < -0.3 is 19.7 Å². The van der Waals surface area contributed by atoms with E-state index in [1.54, 1.807) is 7.11 Å². The molecular formula is C40H43ClN4O5. The number of benzene rings is 2. The number of methoxy groups -OCH3 is 1. The second-order valence-electron chi connectivity index (χ2n) is 14.1. The van der Waals surface area contributed by atoms with Crippen molar-refractivity contribution in [1.29, 1.82) is 5.26 Å². The van der Waals surface area contributed by atoms with E-state index < -0.39 is 11.4 Å². The zero-order chi connectivity index (χ0) is 35.0. The largest absolute Gasteiger partial charge is 0.491 e. The first-order valence-corrected chi connectivity index (χ1v) is 17.8. The molecule has 0 saturated carbocycles. The molecule has 4 aliphatic rings. The maximum absolute atomic E-state index is 11.6. The fourth-order valence-corrected chi connectivity index (χ4v) is 8.65. The molecular weight excluding hydrogens is 652 g/mol. The molecule has 0 spiro atoms. The molecule has 2 saturated heterocycles. The second-order valence-corrected chi connectivity index (χ2v) is 14.5. The minimum absolute atomic E-state index is 0.104. The highest BCUT2D eigenvalue weighted by molar-refractivity contribution is 6.32. The summed E-state index contributed by atoms with van der Waals surface area (Å²) >= 11 is 6.75. The fraction of sp³-hybridized carbons (Fsp3) is 0.425. The number of ether oxygens (including phenoxy) is 2. The topological polar surface area (TPSA) is 119 Å². The molecule has 2 aliphatic carbocycles. The van der Waals surface area contributed by atoms with E-state index in [1.807, 2.05) is 36.4 Å². The first kappa shape index (κ1) is 34.3. The van der Waals surface area contributed by atoms with Crippen LogP contribution in [0.1, 0.15) is 59.3 Å². The summed E-state index contributed by atoms with van der Waals surface area (Å²) in [7, 11) is 1.64. The molecule has 50 heavy (non-hydrogen) atoms. The van der Waals surface area contributed by atoms with Crippen LogP contribution < -0.4 is 9.47 Å². The van der Waals surface area contributed by atoms with E-state index in [4.69, 9.17) is 26.1 Å². The molecule has 3 heterocycles. The summed E-state index contributed by atoms with van der Waals surface area (Å²) < 4.78 is 12.6. The minimum atomic E-state index is -0.742. The molecule has 9 nitrogen and oxygen atoms in total. The molecule has 10 heteroatoms. The van der Waals surface area contributed by atoms with Crippen molar-refractivity contribution in [2.24, 2.45) is 17.8 Å². The summed E-state index contributed by atoms with van der Waals surface area (Å²) in [6.07, 6.45) is 8.52. The highest BCUT2D eigenvalue weighted by Crippen LogP contribution is 2.47. The highest BCUT2D eigenvalue weighted by Gasteiger charge is 2.43. The first-order valence-electron chi connectivity index (χ1n) is 17.4. The van der Waals surface area contributed by atoms with Gasteiger partial charge in [-0.3, -0.25) is 14.6 Å². The number of nitriles is 1. The van der Waals surface area contributed by atoms with Crippen LogP contribution in [0.15, 0.2) is 66.8 Å². The predicted octanol–water partition coefficient (Wildman–Crippen LogP) is 6.04. The third kappa shape index (κ3) is 6.20. The number of likely N-dealkylation sites (tertiary alicyclic amines) is 2. The monoisotopic (exact) mass is 694 g/mol. The van der Waals surface area contributed by atoms with Crippen LogP contribution in [0.4, 0.5) is 0 Å². The average Bonchev–Trinajstić information content (AvgIpc) is 3.77. The van der Waals surface area contributed by atoms with Crippen molar-refractivity contribution >= 4 is 23.1 Å². The van der Waals surface area contributed by atoms with Gasteiger partial charge in [0, 0.05) is 55.3 Å². The van der Waals surface area contributed by atoms with Gasteiger partial charge in [0.05, 0.1) is 29.7 Å². The van der Waals surface area contributed by atoms with Crippen LogP contribution in [-0.2, 0) is 23.2 Å². The Balaban J connectivity index is 1.21. The lowest BCUT2D eigenvalue weighted by molar-refractivity contribution is -0.141. The number of aliphatic hydroxyl groups is 1. The Kier molecular flexibility index (Phi) is 9.73. The van der Waals surface area contributed by atoms with Crippen LogP contribution in [0.2, 0.25) is 5.02 Å². The molecule has 0 radical (unpaired) electrons. The first-order chi connectivity index (χ1) is 24.3. The molecule has 2 aromatic carbocycles. The Morgan fingerprint density at radius 2 is 1.96 bits per heavy atom. The zero-order valence-electron chi connectivity index (χ0n) is 28.5. The summed E-state index contributed by atoms with van der Waals surface area (Å²) in [5, 5.41) is 30.2. The van der Waals surface area contributed by atoms with Crippen molar-refractivity contribution in [2.75, 3.05) is 46.5 Å². The molecule has 0 amide bonds. The minimum Gasteiger partial charge on any atom is -0.491 e. The molecule has 3 aromatic rings. The van der Waals surface area contributed by atoms with Crippen molar-refractivity contribution in [3.63, 3.8) is 0 Å². The standard InChI is InChI=1S/C40H43ClN4O5/c1-25-29(31-6-3-4-8-34(31)41)7-5-16-40(25,37-14-9-27(38(43-37)49-2)21-44-19-26(20-44)23-46)24-50-36-13-11-32-30(33(36)18-42)10-12-35(32)45-17-15-28(22-45)39(47)48/h3-9,11,13-14,16,25-26,28,35,46H,10,12,15,17,19-24H2,1-2H3,(H,47,48)/t25?,28-,35-,40?/m1/s1. The lowest BCUT2D eigenvalue weighted by atomic mass is 9.66. The van der Waals surface area contributed by atoms with E-state index in [-0.39, 0.29) is 31.1 Å². The SMILES string of the molecule is COc1nc(C2(COc3ccc4c(c3C#N)CC[C@H]4N3CC[C@@H](C(=O)O)C3)C=CC=C(c3ccccc3Cl)C2C)ccc1CN1CC(CO)C1. The lowest BCUT2D eigenvalue weighted by Crippen LogP contribution is -2.47. The molecule has 2 N–H and O–H groups in total. The Bertz CT molecular complexity index is 1880. The van der Waals surface area contributed by atoms with E-state index in [9.17, 15) is 20.3 Å². The summed E-state index contributed by atoms with van der Waals surface area (Å²) in [6.45, 7) is 6.22. The molecule has 2 fully saturated rings. The maximum Gasteiger partial charge on any atom is 0.307 e. The van der Waals surface area contributed by atoms with E-state index in [0.717, 1.165) is 66.0 Å². The van der Waals surface area contributed by atoms with Gasteiger partial charge in [-0.05, 0) is 72.2 Å². The number of halogens is 1. The number of aliphatic carboxylic acids is 1. The Labute approximate surface area is 298 Å². The van der Waals surface area contributed by atoms with E-state index in [0.29, 0.717) is 47.6 Å². The summed E-state index contributed by atoms with van der Waals surface area (Å²) in [5.74, 6) is 0.193. The lowest BCUT2D eigenvalue weighted by Gasteiger charge is -2.40. The molecule has 0 bridgehead atoms. The van der Waals surface area contributed by atoms with Crippen molar-refractivity contribution in [1.82, 2.24) is 14.8 Å². The van der Waals surface area contributed by atoms with Crippen molar-refractivity contribution in [3.05, 3.63) is 105 Å². The van der Waals surface area contributed by atoms with Gasteiger partial charge in [0.1, 0.15) is 18.4 Å². The molecule has 260 valence electrons. The van der Waals surface area contributed by atoms with Gasteiger partial charge in [0.15, 0.2) is 0 Å². The normalized spacial score (nSPS) is 25.1. The number of carboxylic acid groups (broad SMARTS) is 1. The van der Waals surface area contributed by atoms with Crippen molar-refractivity contribution < 1.29 is 24.5 Å². The van der Waals surface area contributed by atoms with Crippen LogP contribution in [0, 0.1) is 29.1 Å². The highest BCUT2D eigenvalue weighted by atomic mass is 35.5. The third-order valence-corrected chi connectivity index (χ3v) is 11.6. The molecule has 1 aromatic heterocycles. The van der Waals surface area contributed by atoms with Gasteiger partial charge in [-0.1, -0.05) is 67.1 Å². The number of pyridine rings is 1. The number of aliphatic hydroxyl groups excluding tert-OH is 1. The maximum atomic E-state index is 11.6. The van der Waals surface area contributed by atoms with Gasteiger partial charge in [0.2, 0.25) is 5.88 Å². The second kappa shape index (κ2) is 14.2. The average molecular weight is 695 g/mol. The number of rotatable bonds is 11. The number of hydrogen-bond acceptors (Lipinski definition) is 8. The predicted molar refractivity (Wildman–Crippen MR) is 191 cm³/mol. The van der Waals surface area contributed by atoms with Crippen LogP contribution in [0.25, 0.3) is 5.57 Å². The summed E-state index contributed by atoms with van der Waals surface area (Å²) in [5.41, 5.74) is 5.67. The van der Waals surface area contributed by atoms with Gasteiger partial charge in [-0.2, -0.15) is 5.26 Å². The van der Waals surface area contributed by atoms with Gasteiger partial charge >= 0.3 is 5.97 Å². The number of nitrogens with zero attached hydrogens (tertiary/aromatic N) is 4. The Morgan fingerprint density at radius 1 is 1.14 bits per heavy atom. The van der Waals surface area contributed by atoms with Crippen molar-refractivity contribution in [3.8, 4) is 17.7 Å². The molecule has 7 rings (SSSR count). The van der Waals surface area contributed by atoms with Crippen LogP contribution >= 0.6 is 11.6 Å². The van der Waals surface area contributed by atoms with Crippen molar-refractivity contribution in [2.45, 2.75) is 44.2 Å². The quantitative estimate of drug-likeness (QED) is 0.248. The van der Waals surface area contributed by atoms with Gasteiger partial charge in [-0.15, -0.1) is 0 Å². The number of aromatic nitrogens is 1. The van der Waals surface area contributed by atoms with Gasteiger partial charge in [0.25, 0.3) is 0 Å². The summed E-state index contributed by atoms with van der Waals surface area (Å²) in [4.78, 5) is 21.3. The molecule has 2 unspecified atom stereocenters. The van der Waals surface area contributed by atoms with E-state index in [2.05, 4.69) is 53.1 Å².